The minimum Gasteiger partial charge on any atom is -0.480 e. The van der Waals surface area contributed by atoms with Crippen LogP contribution < -0.4 is 16.0 Å². The zero-order valence-electron chi connectivity index (χ0n) is 12.0. The summed E-state index contributed by atoms with van der Waals surface area (Å²) in [6.45, 7) is 3.25. The highest BCUT2D eigenvalue weighted by atomic mass is 16.4. The highest BCUT2D eigenvalue weighted by Gasteiger charge is 2.18. The number of nitrogens with one attached hydrogen (secondary N) is 3. The van der Waals surface area contributed by atoms with Crippen LogP contribution in [0.3, 0.4) is 0 Å². The summed E-state index contributed by atoms with van der Waals surface area (Å²) in [6.07, 6.45) is 1.02. The Morgan fingerprint density at radius 2 is 1.62 bits per heavy atom. The zero-order chi connectivity index (χ0) is 15.8. The van der Waals surface area contributed by atoms with E-state index in [1.165, 1.54) is 6.92 Å². The number of amides is 3. The standard InChI is InChI=1S/C14H19N3O4/c1-3-4-12(13(19)20)17-14(21)16-11-7-5-10(6-8-11)15-9(2)18/h5-8,12H,3-4H2,1-2H3,(H,15,18)(H,19,20)(H2,16,17,21)/t12-/m0/s1. The monoisotopic (exact) mass is 293 g/mol. The summed E-state index contributed by atoms with van der Waals surface area (Å²) >= 11 is 0. The fourth-order valence-electron chi connectivity index (χ4n) is 1.71. The molecule has 0 aliphatic carbocycles. The number of anilines is 2. The molecular weight excluding hydrogens is 274 g/mol. The van der Waals surface area contributed by atoms with Gasteiger partial charge in [0.2, 0.25) is 5.91 Å². The van der Waals surface area contributed by atoms with Crippen molar-refractivity contribution in [2.24, 2.45) is 0 Å². The van der Waals surface area contributed by atoms with Crippen molar-refractivity contribution in [3.8, 4) is 0 Å². The van der Waals surface area contributed by atoms with E-state index in [0.29, 0.717) is 24.2 Å². The number of carbonyl (C=O) groups excluding carboxylic acids is 2. The molecule has 114 valence electrons. The molecule has 21 heavy (non-hydrogen) atoms. The van der Waals surface area contributed by atoms with Crippen molar-refractivity contribution in [3.05, 3.63) is 24.3 Å². The van der Waals surface area contributed by atoms with Crippen LogP contribution in [0.25, 0.3) is 0 Å². The molecule has 1 aromatic carbocycles. The van der Waals surface area contributed by atoms with Gasteiger partial charge in [-0.15, -0.1) is 0 Å². The number of carboxylic acid groups (broad SMARTS) is 1. The van der Waals surface area contributed by atoms with Crippen molar-refractivity contribution in [1.29, 1.82) is 0 Å². The van der Waals surface area contributed by atoms with Crippen LogP contribution in [0.4, 0.5) is 16.2 Å². The zero-order valence-corrected chi connectivity index (χ0v) is 12.0. The second kappa shape index (κ2) is 7.88. The summed E-state index contributed by atoms with van der Waals surface area (Å²) in [7, 11) is 0. The Bertz CT molecular complexity index is 513. The lowest BCUT2D eigenvalue weighted by Gasteiger charge is -2.14. The lowest BCUT2D eigenvalue weighted by Crippen LogP contribution is -2.42. The average Bonchev–Trinajstić information content (AvgIpc) is 2.40. The molecule has 0 radical (unpaired) electrons. The molecule has 7 heteroatoms. The van der Waals surface area contributed by atoms with Crippen LogP contribution in [0.15, 0.2) is 24.3 Å². The molecule has 4 N–H and O–H groups in total. The molecule has 0 spiro atoms. The van der Waals surface area contributed by atoms with E-state index in [2.05, 4.69) is 16.0 Å². The summed E-state index contributed by atoms with van der Waals surface area (Å²) in [6, 6.07) is 5.01. The average molecular weight is 293 g/mol. The maximum atomic E-state index is 11.7. The molecule has 0 aromatic heterocycles. The van der Waals surface area contributed by atoms with Gasteiger partial charge in [0.15, 0.2) is 0 Å². The third-order valence-corrected chi connectivity index (χ3v) is 2.64. The number of hydrogen-bond acceptors (Lipinski definition) is 3. The van der Waals surface area contributed by atoms with Gasteiger partial charge < -0.3 is 21.1 Å². The Kier molecular flexibility index (Phi) is 6.19. The number of rotatable bonds is 6. The second-order valence-corrected chi connectivity index (χ2v) is 4.54. The van der Waals surface area contributed by atoms with Crippen molar-refractivity contribution in [2.75, 3.05) is 10.6 Å². The van der Waals surface area contributed by atoms with Crippen LogP contribution in [-0.2, 0) is 9.59 Å². The minimum atomic E-state index is -1.06. The molecule has 0 saturated heterocycles. The molecule has 0 bridgehead atoms. The van der Waals surface area contributed by atoms with Crippen LogP contribution >= 0.6 is 0 Å². The third-order valence-electron chi connectivity index (χ3n) is 2.64. The van der Waals surface area contributed by atoms with E-state index in [1.54, 1.807) is 24.3 Å². The van der Waals surface area contributed by atoms with Gasteiger partial charge in [0.1, 0.15) is 6.04 Å². The third kappa shape index (κ3) is 5.94. The molecule has 0 saturated carbocycles. The highest BCUT2D eigenvalue weighted by molar-refractivity contribution is 5.93. The SMILES string of the molecule is CCC[C@H](NC(=O)Nc1ccc(NC(C)=O)cc1)C(=O)O. The quantitative estimate of drug-likeness (QED) is 0.643. The smallest absolute Gasteiger partial charge is 0.326 e. The van der Waals surface area contributed by atoms with Gasteiger partial charge in [0, 0.05) is 18.3 Å². The van der Waals surface area contributed by atoms with Crippen LogP contribution in [-0.4, -0.2) is 29.1 Å². The van der Waals surface area contributed by atoms with E-state index in [1.807, 2.05) is 6.92 Å². The Labute approximate surface area is 122 Å². The van der Waals surface area contributed by atoms with Gasteiger partial charge in [-0.1, -0.05) is 13.3 Å². The number of hydrogen-bond donors (Lipinski definition) is 4. The molecule has 0 fully saturated rings. The molecular formula is C14H19N3O4. The largest absolute Gasteiger partial charge is 0.480 e. The van der Waals surface area contributed by atoms with Crippen LogP contribution in [0.5, 0.6) is 0 Å². The normalized spacial score (nSPS) is 11.3. The number of carboxylic acids is 1. The van der Waals surface area contributed by atoms with Crippen molar-refractivity contribution < 1.29 is 19.5 Å². The Morgan fingerprint density at radius 3 is 2.05 bits per heavy atom. The Morgan fingerprint density at radius 1 is 1.10 bits per heavy atom. The second-order valence-electron chi connectivity index (χ2n) is 4.54. The van der Waals surface area contributed by atoms with Crippen molar-refractivity contribution in [3.63, 3.8) is 0 Å². The van der Waals surface area contributed by atoms with Crippen LogP contribution in [0, 0.1) is 0 Å². The first-order valence-corrected chi connectivity index (χ1v) is 6.60. The molecule has 0 unspecified atom stereocenters. The van der Waals surface area contributed by atoms with Gasteiger partial charge in [-0.25, -0.2) is 9.59 Å². The summed E-state index contributed by atoms with van der Waals surface area (Å²) in [5.41, 5.74) is 1.12. The molecule has 0 aliphatic heterocycles. The van der Waals surface area contributed by atoms with Crippen molar-refractivity contribution >= 4 is 29.3 Å². The molecule has 0 heterocycles. The maximum Gasteiger partial charge on any atom is 0.326 e. The lowest BCUT2D eigenvalue weighted by atomic mass is 10.2. The Balaban J connectivity index is 2.57. The maximum absolute atomic E-state index is 11.7. The first-order valence-electron chi connectivity index (χ1n) is 6.60. The van der Waals surface area contributed by atoms with Crippen molar-refractivity contribution in [1.82, 2.24) is 5.32 Å². The van der Waals surface area contributed by atoms with Crippen LogP contribution in [0.1, 0.15) is 26.7 Å². The van der Waals surface area contributed by atoms with E-state index in [9.17, 15) is 14.4 Å². The Hall–Kier alpha value is -2.57. The van der Waals surface area contributed by atoms with Crippen LogP contribution in [0.2, 0.25) is 0 Å². The van der Waals surface area contributed by atoms with Crippen molar-refractivity contribution in [2.45, 2.75) is 32.7 Å². The van der Waals surface area contributed by atoms with Gasteiger partial charge >= 0.3 is 12.0 Å². The molecule has 1 atom stereocenters. The topological polar surface area (TPSA) is 108 Å². The molecule has 1 rings (SSSR count). The van der Waals surface area contributed by atoms with E-state index in [4.69, 9.17) is 5.11 Å². The molecule has 1 aromatic rings. The van der Waals surface area contributed by atoms with E-state index in [0.717, 1.165) is 0 Å². The fourth-order valence-corrected chi connectivity index (χ4v) is 1.71. The minimum absolute atomic E-state index is 0.183. The van der Waals surface area contributed by atoms with E-state index >= 15 is 0 Å². The summed E-state index contributed by atoms with van der Waals surface area (Å²) < 4.78 is 0. The van der Waals surface area contributed by atoms with Gasteiger partial charge in [-0.05, 0) is 30.7 Å². The van der Waals surface area contributed by atoms with Gasteiger partial charge in [0.05, 0.1) is 0 Å². The molecule has 0 aliphatic rings. The number of aliphatic carboxylic acids is 1. The first-order chi connectivity index (χ1) is 9.92. The van der Waals surface area contributed by atoms with Gasteiger partial charge in [-0.3, -0.25) is 4.79 Å². The van der Waals surface area contributed by atoms with Gasteiger partial charge in [0.25, 0.3) is 0 Å². The number of benzene rings is 1. The molecule has 3 amide bonds. The predicted molar refractivity (Wildman–Crippen MR) is 79.2 cm³/mol. The highest BCUT2D eigenvalue weighted by Crippen LogP contribution is 2.13. The molecule has 7 nitrogen and oxygen atoms in total. The number of urea groups is 1. The summed E-state index contributed by atoms with van der Waals surface area (Å²) in [5, 5.41) is 16.5. The fraction of sp³-hybridized carbons (Fsp3) is 0.357. The summed E-state index contributed by atoms with van der Waals surface area (Å²) in [5.74, 6) is -1.25. The summed E-state index contributed by atoms with van der Waals surface area (Å²) in [4.78, 5) is 33.5. The van der Waals surface area contributed by atoms with E-state index < -0.39 is 18.0 Å². The first kappa shape index (κ1) is 16.5. The van der Waals surface area contributed by atoms with E-state index in [-0.39, 0.29) is 5.91 Å². The van der Waals surface area contributed by atoms with Gasteiger partial charge in [-0.2, -0.15) is 0 Å². The lowest BCUT2D eigenvalue weighted by molar-refractivity contribution is -0.139. The predicted octanol–water partition coefficient (Wildman–Crippen LogP) is 2.02. The number of carbonyl (C=O) groups is 3.